The second-order valence-electron chi connectivity index (χ2n) is 8.11. The van der Waals surface area contributed by atoms with E-state index in [-0.39, 0.29) is 24.4 Å². The molecule has 2 aromatic rings. The monoisotopic (exact) mass is 460 g/mol. The van der Waals surface area contributed by atoms with Gasteiger partial charge >= 0.3 is 6.09 Å². The van der Waals surface area contributed by atoms with E-state index in [2.05, 4.69) is 22.9 Å². The minimum absolute atomic E-state index is 0. The lowest BCUT2D eigenvalue weighted by Gasteiger charge is -2.36. The molecule has 0 spiro atoms. The Hall–Kier alpha value is -3.00. The Morgan fingerprint density at radius 3 is 2.47 bits per heavy atom. The van der Waals surface area contributed by atoms with Crippen LogP contribution in [0.25, 0.3) is 0 Å². The number of benzene rings is 1. The van der Waals surface area contributed by atoms with Crippen molar-refractivity contribution in [2.24, 2.45) is 0 Å². The van der Waals surface area contributed by atoms with E-state index >= 15 is 0 Å². The third-order valence-electron chi connectivity index (χ3n) is 5.83. The number of carbonyl (C=O) groups excluding carboxylic acids is 2. The van der Waals surface area contributed by atoms with Gasteiger partial charge in [0.15, 0.2) is 0 Å². The number of carbonyl (C=O) groups is 2. The lowest BCUT2D eigenvalue weighted by Crippen LogP contribution is -2.49. The van der Waals surface area contributed by atoms with Gasteiger partial charge in [0.05, 0.1) is 18.8 Å². The van der Waals surface area contributed by atoms with Crippen LogP contribution in [0.1, 0.15) is 28.4 Å². The maximum absolute atomic E-state index is 13.1. The topological polar surface area (TPSA) is 75.2 Å². The normalized spacial score (nSPS) is 18.3. The molecule has 1 atom stereocenters. The van der Waals surface area contributed by atoms with Crippen LogP contribution in [0.5, 0.6) is 5.75 Å². The number of halogens is 1. The van der Waals surface area contributed by atoms with E-state index in [1.54, 1.807) is 23.1 Å². The van der Waals surface area contributed by atoms with Crippen molar-refractivity contribution in [3.8, 4) is 5.75 Å². The molecule has 1 aromatic carbocycles. The molecule has 9 heteroatoms. The van der Waals surface area contributed by atoms with Gasteiger partial charge in [-0.05, 0) is 50.1 Å². The molecule has 0 bridgehead atoms. The van der Waals surface area contributed by atoms with Crippen LogP contribution in [0.2, 0.25) is 0 Å². The number of aryl methyl sites for hydroxylation is 2. The highest BCUT2D eigenvalue weighted by Crippen LogP contribution is 2.34. The van der Waals surface area contributed by atoms with Crippen LogP contribution in [0.3, 0.4) is 0 Å². The zero-order valence-electron chi connectivity index (χ0n) is 18.8. The first kappa shape index (κ1) is 23.7. The van der Waals surface area contributed by atoms with Gasteiger partial charge in [0.2, 0.25) is 0 Å². The lowest BCUT2D eigenvalue weighted by molar-refractivity contribution is 0.0746. The van der Waals surface area contributed by atoms with Crippen LogP contribution >= 0.6 is 12.4 Å². The predicted octanol–water partition coefficient (Wildman–Crippen LogP) is 3.44. The van der Waals surface area contributed by atoms with Gasteiger partial charge in [-0.25, -0.2) is 9.78 Å². The number of nitrogens with zero attached hydrogens (tertiary/aromatic N) is 4. The smallest absolute Gasteiger partial charge is 0.414 e. The second kappa shape index (κ2) is 9.65. The van der Waals surface area contributed by atoms with Gasteiger partial charge in [0.1, 0.15) is 18.2 Å². The summed E-state index contributed by atoms with van der Waals surface area (Å²) in [6.45, 7) is 9.05. The molecule has 0 N–H and O–H groups in total. The Kier molecular flexibility index (Phi) is 7.13. The molecule has 4 rings (SSSR count). The Balaban J connectivity index is 0.00000289. The fourth-order valence-electron chi connectivity index (χ4n) is 4.20. The summed E-state index contributed by atoms with van der Waals surface area (Å²) in [5.41, 5.74) is 3.44. The van der Waals surface area contributed by atoms with Crippen LogP contribution in [-0.2, 0) is 4.74 Å². The zero-order valence-corrected chi connectivity index (χ0v) is 19.6. The molecular formula is C23H29ClN4O4. The van der Waals surface area contributed by atoms with E-state index in [1.165, 1.54) is 7.11 Å². The molecule has 0 saturated carbocycles. The van der Waals surface area contributed by atoms with E-state index in [9.17, 15) is 9.59 Å². The molecule has 0 radical (unpaired) electrons. The lowest BCUT2D eigenvalue weighted by atomic mass is 10.1. The summed E-state index contributed by atoms with van der Waals surface area (Å²) in [5, 5.41) is 0. The SMILES string of the molecule is COc1cc(C(=O)N2CCN(c3ncc(C)cc3C)CC2)ccc1N1C(=O)OC[C@H]1C.Cl. The van der Waals surface area contributed by atoms with Crippen molar-refractivity contribution in [1.29, 1.82) is 0 Å². The Morgan fingerprint density at radius 2 is 1.88 bits per heavy atom. The number of hydrogen-bond donors (Lipinski definition) is 0. The van der Waals surface area contributed by atoms with E-state index in [4.69, 9.17) is 9.47 Å². The third-order valence-corrected chi connectivity index (χ3v) is 5.83. The predicted molar refractivity (Wildman–Crippen MR) is 125 cm³/mol. The molecule has 3 heterocycles. The largest absolute Gasteiger partial charge is 0.495 e. The van der Waals surface area contributed by atoms with Crippen molar-refractivity contribution < 1.29 is 19.1 Å². The number of cyclic esters (lactones) is 1. The van der Waals surface area contributed by atoms with Crippen LogP contribution < -0.4 is 14.5 Å². The number of rotatable bonds is 4. The van der Waals surface area contributed by atoms with Gasteiger partial charge in [0.25, 0.3) is 5.91 Å². The summed E-state index contributed by atoms with van der Waals surface area (Å²) < 4.78 is 10.6. The number of piperazine rings is 1. The summed E-state index contributed by atoms with van der Waals surface area (Å²) >= 11 is 0. The summed E-state index contributed by atoms with van der Waals surface area (Å²) in [6, 6.07) is 7.25. The van der Waals surface area contributed by atoms with Gasteiger partial charge in [0, 0.05) is 37.9 Å². The molecular weight excluding hydrogens is 432 g/mol. The average molecular weight is 461 g/mol. The number of anilines is 2. The van der Waals surface area contributed by atoms with Crippen molar-refractivity contribution >= 4 is 35.9 Å². The average Bonchev–Trinajstić information content (AvgIpc) is 3.11. The van der Waals surface area contributed by atoms with Gasteiger partial charge in [-0.15, -0.1) is 12.4 Å². The minimum atomic E-state index is -0.402. The van der Waals surface area contributed by atoms with E-state index in [1.807, 2.05) is 24.9 Å². The fourth-order valence-corrected chi connectivity index (χ4v) is 4.20. The van der Waals surface area contributed by atoms with E-state index in [0.717, 1.165) is 30.0 Å². The number of pyridine rings is 1. The van der Waals surface area contributed by atoms with Gasteiger partial charge in [-0.3, -0.25) is 9.69 Å². The first-order valence-electron chi connectivity index (χ1n) is 10.5. The molecule has 2 fully saturated rings. The molecule has 2 amide bonds. The number of ether oxygens (including phenoxy) is 2. The third kappa shape index (κ3) is 4.46. The molecule has 2 aliphatic heterocycles. The highest BCUT2D eigenvalue weighted by atomic mass is 35.5. The Bertz CT molecular complexity index is 1010. The quantitative estimate of drug-likeness (QED) is 0.695. The second-order valence-corrected chi connectivity index (χ2v) is 8.11. The van der Waals surface area contributed by atoms with Gasteiger partial charge in [-0.2, -0.15) is 0 Å². The van der Waals surface area contributed by atoms with Crippen LogP contribution in [-0.4, -0.2) is 67.8 Å². The number of aromatic nitrogens is 1. The highest BCUT2D eigenvalue weighted by molar-refractivity contribution is 5.97. The van der Waals surface area contributed by atoms with Crippen LogP contribution in [0.4, 0.5) is 16.3 Å². The number of hydrogen-bond acceptors (Lipinski definition) is 6. The first-order chi connectivity index (χ1) is 14.9. The van der Waals surface area contributed by atoms with Crippen molar-refractivity contribution in [1.82, 2.24) is 9.88 Å². The Morgan fingerprint density at radius 1 is 1.16 bits per heavy atom. The number of amides is 2. The van der Waals surface area contributed by atoms with E-state index < -0.39 is 6.09 Å². The van der Waals surface area contributed by atoms with Crippen molar-refractivity contribution in [2.75, 3.05) is 49.7 Å². The molecule has 2 saturated heterocycles. The zero-order chi connectivity index (χ0) is 22.1. The molecule has 32 heavy (non-hydrogen) atoms. The molecule has 8 nitrogen and oxygen atoms in total. The van der Waals surface area contributed by atoms with Crippen LogP contribution in [0, 0.1) is 13.8 Å². The van der Waals surface area contributed by atoms with Crippen molar-refractivity contribution in [2.45, 2.75) is 26.8 Å². The maximum atomic E-state index is 13.1. The summed E-state index contributed by atoms with van der Waals surface area (Å²) in [6.07, 6.45) is 1.48. The summed E-state index contributed by atoms with van der Waals surface area (Å²) in [7, 11) is 1.54. The van der Waals surface area contributed by atoms with Crippen LogP contribution in [0.15, 0.2) is 30.5 Å². The molecule has 172 valence electrons. The molecule has 0 aliphatic carbocycles. The molecule has 1 aromatic heterocycles. The highest BCUT2D eigenvalue weighted by Gasteiger charge is 2.33. The van der Waals surface area contributed by atoms with Crippen molar-refractivity contribution in [3.63, 3.8) is 0 Å². The first-order valence-corrected chi connectivity index (χ1v) is 10.5. The fraction of sp³-hybridized carbons (Fsp3) is 0.435. The summed E-state index contributed by atoms with van der Waals surface area (Å²) in [5.74, 6) is 1.42. The minimum Gasteiger partial charge on any atom is -0.495 e. The molecule has 0 unspecified atom stereocenters. The summed E-state index contributed by atoms with van der Waals surface area (Å²) in [4.78, 5) is 35.4. The standard InChI is InChI=1S/C23H28N4O4.ClH/c1-15-11-16(2)21(24-13-15)25-7-9-26(10-8-25)22(28)18-5-6-19(20(12-18)30-4)27-17(3)14-31-23(27)29;/h5-6,11-13,17H,7-10,14H2,1-4H3;1H/t17-;/m1./s1. The molecule has 2 aliphatic rings. The Labute approximate surface area is 194 Å². The van der Waals surface area contributed by atoms with E-state index in [0.29, 0.717) is 36.7 Å². The van der Waals surface area contributed by atoms with Gasteiger partial charge in [-0.1, -0.05) is 6.07 Å². The van der Waals surface area contributed by atoms with Gasteiger partial charge < -0.3 is 19.3 Å². The van der Waals surface area contributed by atoms with Crippen molar-refractivity contribution in [3.05, 3.63) is 47.2 Å². The number of methoxy groups -OCH3 is 1. The maximum Gasteiger partial charge on any atom is 0.414 e.